The first-order valence-corrected chi connectivity index (χ1v) is 12.7. The van der Waals surface area contributed by atoms with E-state index >= 15 is 0 Å². The van der Waals surface area contributed by atoms with Crippen LogP contribution in [-0.4, -0.2) is 93.8 Å². The summed E-state index contributed by atoms with van der Waals surface area (Å²) < 4.78 is 1.32. The summed E-state index contributed by atoms with van der Waals surface area (Å²) in [5.41, 5.74) is 0.442. The van der Waals surface area contributed by atoms with Crippen LogP contribution in [0.3, 0.4) is 0 Å². The number of thiophene rings is 1. The number of aliphatic hydroxyl groups is 2. The Hall–Kier alpha value is -2.46. The predicted octanol–water partition coefficient (Wildman–Crippen LogP) is -0.839. The van der Waals surface area contributed by atoms with Crippen LogP contribution in [0.4, 0.5) is 0 Å². The van der Waals surface area contributed by atoms with E-state index in [0.29, 0.717) is 16.5 Å². The molecule has 12 nitrogen and oxygen atoms in total. The zero-order valence-electron chi connectivity index (χ0n) is 17.0. The molecule has 33 heavy (non-hydrogen) atoms. The van der Waals surface area contributed by atoms with Gasteiger partial charge >= 0.3 is 5.97 Å². The lowest BCUT2D eigenvalue weighted by atomic mass is 10.0. The number of fused-ring (bicyclic) bond motifs is 1. The predicted molar refractivity (Wildman–Crippen MR) is 119 cm³/mol. The first kappa shape index (κ1) is 23.7. The number of carboxylic acids is 1. The third-order valence-electron chi connectivity index (χ3n) is 4.95. The molecule has 0 aliphatic carbocycles. The molecule has 2 aromatic rings. The average molecular weight is 513 g/mol. The fourth-order valence-corrected chi connectivity index (χ4v) is 6.49. The van der Waals surface area contributed by atoms with Gasteiger partial charge in [0.05, 0.1) is 25.7 Å². The van der Waals surface area contributed by atoms with Gasteiger partial charge in [0.25, 0.3) is 5.91 Å². The first-order chi connectivity index (χ1) is 15.9. The Morgan fingerprint density at radius 1 is 1.39 bits per heavy atom. The SMILES string of the molecule is O=C(Cc1cccs1)NC1C(=O)N2C(C(=O)O)=C(CSc3nnnn3CC(O)CO)CS[C@H]12. The van der Waals surface area contributed by atoms with Crippen LogP contribution in [-0.2, 0) is 27.3 Å². The van der Waals surface area contributed by atoms with Gasteiger partial charge in [-0.3, -0.25) is 14.5 Å². The van der Waals surface area contributed by atoms with Gasteiger partial charge in [0.1, 0.15) is 17.1 Å². The van der Waals surface area contributed by atoms with Gasteiger partial charge < -0.3 is 20.6 Å². The average Bonchev–Trinajstić information content (AvgIpc) is 3.47. The highest BCUT2D eigenvalue weighted by molar-refractivity contribution is 8.01. The van der Waals surface area contributed by atoms with E-state index in [-0.39, 0.29) is 30.3 Å². The molecule has 15 heteroatoms. The number of aliphatic hydroxyl groups excluding tert-OH is 2. The Balaban J connectivity index is 1.42. The minimum absolute atomic E-state index is 0.00897. The minimum atomic E-state index is -1.22. The molecule has 1 fully saturated rings. The molecular weight excluding hydrogens is 492 g/mol. The summed E-state index contributed by atoms with van der Waals surface area (Å²) in [7, 11) is 0. The van der Waals surface area contributed by atoms with Gasteiger partial charge in [-0.05, 0) is 27.4 Å². The topological polar surface area (TPSA) is 171 Å². The van der Waals surface area contributed by atoms with Crippen molar-refractivity contribution in [1.29, 1.82) is 0 Å². The fourth-order valence-electron chi connectivity index (χ4n) is 3.41. The Kier molecular flexibility index (Phi) is 7.33. The second-order valence-corrected chi connectivity index (χ2v) is 10.3. The molecule has 0 saturated carbocycles. The number of carbonyl (C=O) groups excluding carboxylic acids is 2. The highest BCUT2D eigenvalue weighted by Crippen LogP contribution is 2.41. The first-order valence-electron chi connectivity index (χ1n) is 9.78. The van der Waals surface area contributed by atoms with Gasteiger partial charge in [-0.2, -0.15) is 0 Å². The number of tetrazole rings is 1. The monoisotopic (exact) mass is 512 g/mol. The Morgan fingerprint density at radius 3 is 2.91 bits per heavy atom. The number of carbonyl (C=O) groups is 3. The number of thioether (sulfide) groups is 2. The number of rotatable bonds is 10. The maximum Gasteiger partial charge on any atom is 0.352 e. The number of hydrogen-bond donors (Lipinski definition) is 4. The normalized spacial score (nSPS) is 20.9. The van der Waals surface area contributed by atoms with Crippen molar-refractivity contribution in [1.82, 2.24) is 30.4 Å². The molecule has 2 amide bonds. The molecule has 2 unspecified atom stereocenters. The molecule has 0 spiro atoms. The van der Waals surface area contributed by atoms with Crippen LogP contribution in [0.5, 0.6) is 0 Å². The maximum atomic E-state index is 12.7. The van der Waals surface area contributed by atoms with Crippen LogP contribution in [0.2, 0.25) is 0 Å². The zero-order valence-corrected chi connectivity index (χ0v) is 19.5. The number of β-lactam (4-membered cyclic amide) rings is 1. The second-order valence-electron chi connectivity index (χ2n) is 7.24. The summed E-state index contributed by atoms with van der Waals surface area (Å²) in [5, 5.41) is 44.0. The van der Waals surface area contributed by atoms with E-state index in [1.807, 2.05) is 17.5 Å². The van der Waals surface area contributed by atoms with Crippen molar-refractivity contribution in [3.05, 3.63) is 33.7 Å². The van der Waals surface area contributed by atoms with Crippen molar-refractivity contribution in [3.8, 4) is 0 Å². The number of nitrogens with one attached hydrogen (secondary N) is 1. The standard InChI is InChI=1S/C18H20N6O6S3/c25-6-10(26)5-23-18(20-21-22-23)33-8-9-7-32-16-13(15(28)24(16)14(9)17(29)30)19-12(27)4-11-2-1-3-31-11/h1-3,10,13,16,25-26H,4-8H2,(H,19,27)(H,29,30)/t10?,13?,16-/m1/s1. The van der Waals surface area contributed by atoms with Gasteiger partial charge in [-0.25, -0.2) is 9.48 Å². The van der Waals surface area contributed by atoms with Crippen molar-refractivity contribution >= 4 is 52.6 Å². The molecule has 2 aliphatic heterocycles. The third-order valence-corrected chi connectivity index (χ3v) is 8.21. The van der Waals surface area contributed by atoms with Crippen molar-refractivity contribution in [2.75, 3.05) is 18.1 Å². The number of hydrogen-bond acceptors (Lipinski definition) is 11. The molecule has 4 heterocycles. The van der Waals surface area contributed by atoms with Crippen LogP contribution in [0, 0.1) is 0 Å². The van der Waals surface area contributed by atoms with Crippen molar-refractivity contribution < 1.29 is 29.7 Å². The molecule has 4 rings (SSSR count). The summed E-state index contributed by atoms with van der Waals surface area (Å²) in [6.45, 7) is -0.455. The summed E-state index contributed by atoms with van der Waals surface area (Å²) in [4.78, 5) is 39.1. The highest BCUT2D eigenvalue weighted by Gasteiger charge is 2.54. The van der Waals surface area contributed by atoms with Gasteiger partial charge in [-0.1, -0.05) is 17.8 Å². The fraction of sp³-hybridized carbons (Fsp3) is 0.444. The molecular formula is C18H20N6O6S3. The number of amides is 2. The minimum Gasteiger partial charge on any atom is -0.477 e. The molecule has 0 aromatic carbocycles. The zero-order chi connectivity index (χ0) is 23.5. The van der Waals surface area contributed by atoms with Crippen molar-refractivity contribution in [3.63, 3.8) is 0 Å². The third kappa shape index (κ3) is 5.06. The number of carboxylic acid groups (broad SMARTS) is 1. The quantitative estimate of drug-likeness (QED) is 0.231. The van der Waals surface area contributed by atoms with E-state index < -0.39 is 36.0 Å². The molecule has 2 aliphatic rings. The second kappa shape index (κ2) is 10.2. The number of nitrogens with zero attached hydrogens (tertiary/aromatic N) is 5. The molecule has 4 N–H and O–H groups in total. The summed E-state index contributed by atoms with van der Waals surface area (Å²) in [5.74, 6) is -1.38. The van der Waals surface area contributed by atoms with Gasteiger partial charge in [0.15, 0.2) is 0 Å². The molecule has 3 atom stereocenters. The smallest absolute Gasteiger partial charge is 0.352 e. The largest absolute Gasteiger partial charge is 0.477 e. The van der Waals surface area contributed by atoms with Crippen LogP contribution < -0.4 is 5.32 Å². The molecule has 176 valence electrons. The maximum absolute atomic E-state index is 12.7. The van der Waals surface area contributed by atoms with E-state index in [1.54, 1.807) is 0 Å². The molecule has 0 bridgehead atoms. The lowest BCUT2D eigenvalue weighted by Crippen LogP contribution is -2.70. The lowest BCUT2D eigenvalue weighted by molar-refractivity contribution is -0.150. The summed E-state index contributed by atoms with van der Waals surface area (Å²) >= 11 is 4.01. The van der Waals surface area contributed by atoms with E-state index in [0.717, 1.165) is 4.88 Å². The molecule has 1 saturated heterocycles. The van der Waals surface area contributed by atoms with Crippen LogP contribution >= 0.6 is 34.9 Å². The van der Waals surface area contributed by atoms with Gasteiger partial charge in [-0.15, -0.1) is 28.2 Å². The Labute approximate surface area is 200 Å². The number of aromatic nitrogens is 4. The van der Waals surface area contributed by atoms with E-state index in [9.17, 15) is 24.6 Å². The number of aliphatic carboxylic acids is 1. The van der Waals surface area contributed by atoms with E-state index in [1.165, 1.54) is 44.4 Å². The van der Waals surface area contributed by atoms with E-state index in [2.05, 4.69) is 20.8 Å². The van der Waals surface area contributed by atoms with Crippen molar-refractivity contribution in [2.24, 2.45) is 0 Å². The Morgan fingerprint density at radius 2 is 2.21 bits per heavy atom. The molecule has 0 radical (unpaired) electrons. The van der Waals surface area contributed by atoms with Crippen molar-refractivity contribution in [2.45, 2.75) is 35.6 Å². The highest BCUT2D eigenvalue weighted by atomic mass is 32.2. The summed E-state index contributed by atoms with van der Waals surface area (Å²) in [6, 6.07) is 2.92. The van der Waals surface area contributed by atoms with Crippen LogP contribution in [0.1, 0.15) is 4.88 Å². The van der Waals surface area contributed by atoms with E-state index in [4.69, 9.17) is 5.11 Å². The summed E-state index contributed by atoms with van der Waals surface area (Å²) in [6.07, 6.45) is -0.861. The van der Waals surface area contributed by atoms with Crippen LogP contribution in [0.15, 0.2) is 33.9 Å². The van der Waals surface area contributed by atoms with Crippen LogP contribution in [0.25, 0.3) is 0 Å². The van der Waals surface area contributed by atoms with Gasteiger partial charge in [0.2, 0.25) is 11.1 Å². The van der Waals surface area contributed by atoms with Gasteiger partial charge in [0, 0.05) is 16.4 Å². The lowest BCUT2D eigenvalue weighted by Gasteiger charge is -2.49. The molecule has 2 aromatic heterocycles. The Bertz CT molecular complexity index is 1070.